The molecule has 2 aromatic carbocycles. The molecular weight excluding hydrogens is 418 g/mol. The van der Waals surface area contributed by atoms with Crippen LogP contribution in [-0.2, 0) is 17.8 Å². The first-order valence-electron chi connectivity index (χ1n) is 10.9. The quantitative estimate of drug-likeness (QED) is 0.334. The molecule has 0 saturated heterocycles. The fourth-order valence-electron chi connectivity index (χ4n) is 3.62. The van der Waals surface area contributed by atoms with Crippen LogP contribution >= 0.6 is 11.3 Å². The summed E-state index contributed by atoms with van der Waals surface area (Å²) in [6, 6.07) is 17.8. The highest BCUT2D eigenvalue weighted by Crippen LogP contribution is 2.34. The van der Waals surface area contributed by atoms with E-state index < -0.39 is 0 Å². The normalized spacial score (nSPS) is 11.1. The van der Waals surface area contributed by atoms with Crippen LogP contribution in [0.1, 0.15) is 43.4 Å². The van der Waals surface area contributed by atoms with Crippen molar-refractivity contribution in [2.45, 2.75) is 39.7 Å². The number of anilines is 1. The molecule has 2 aromatic heterocycles. The number of carbonyl (C=O) groups excluding carboxylic acids is 1. The van der Waals surface area contributed by atoms with Gasteiger partial charge in [-0.05, 0) is 53.8 Å². The molecule has 0 radical (unpaired) electrons. The predicted octanol–water partition coefficient (Wildman–Crippen LogP) is 5.99. The van der Waals surface area contributed by atoms with E-state index in [-0.39, 0.29) is 5.91 Å². The van der Waals surface area contributed by atoms with E-state index >= 15 is 0 Å². The number of hydrogen-bond acceptors (Lipinski definition) is 5. The summed E-state index contributed by atoms with van der Waals surface area (Å²) in [6.07, 6.45) is 3.83. The third-order valence-electron chi connectivity index (χ3n) is 5.25. The topological polar surface area (TPSA) is 55.3 Å². The van der Waals surface area contributed by atoms with Crippen LogP contribution in [0.4, 0.5) is 5.13 Å². The van der Waals surface area contributed by atoms with Crippen molar-refractivity contribution < 1.29 is 9.53 Å². The van der Waals surface area contributed by atoms with Gasteiger partial charge in [-0.2, -0.15) is 0 Å². The maximum atomic E-state index is 13.5. The number of rotatable bonds is 8. The second kappa shape index (κ2) is 9.92. The Morgan fingerprint density at radius 1 is 1.06 bits per heavy atom. The maximum absolute atomic E-state index is 13.5. The number of hydrogen-bond donors (Lipinski definition) is 0. The van der Waals surface area contributed by atoms with E-state index in [9.17, 15) is 4.79 Å². The van der Waals surface area contributed by atoms with E-state index in [1.807, 2.05) is 43.3 Å². The van der Waals surface area contributed by atoms with Gasteiger partial charge in [0.25, 0.3) is 0 Å². The number of carbonyl (C=O) groups is 1. The molecule has 0 N–H and O–H groups in total. The molecule has 4 aromatic rings. The number of benzene rings is 2. The Morgan fingerprint density at radius 2 is 1.88 bits per heavy atom. The Hall–Kier alpha value is -3.25. The van der Waals surface area contributed by atoms with Gasteiger partial charge in [0.2, 0.25) is 5.91 Å². The fourth-order valence-corrected chi connectivity index (χ4v) is 4.63. The van der Waals surface area contributed by atoms with Gasteiger partial charge < -0.3 is 4.74 Å². The van der Waals surface area contributed by atoms with Gasteiger partial charge in [-0.25, -0.2) is 4.98 Å². The largest absolute Gasteiger partial charge is 0.494 e. The summed E-state index contributed by atoms with van der Waals surface area (Å²) in [4.78, 5) is 24.4. The zero-order valence-electron chi connectivity index (χ0n) is 18.6. The maximum Gasteiger partial charge on any atom is 0.233 e. The minimum absolute atomic E-state index is 0.00293. The summed E-state index contributed by atoms with van der Waals surface area (Å²) in [7, 11) is 0. The molecule has 2 heterocycles. The molecule has 32 heavy (non-hydrogen) atoms. The second-order valence-electron chi connectivity index (χ2n) is 7.94. The highest BCUT2D eigenvalue weighted by atomic mass is 32.1. The molecular formula is C26H27N3O2S. The van der Waals surface area contributed by atoms with Gasteiger partial charge >= 0.3 is 0 Å². The first-order chi connectivity index (χ1) is 15.5. The van der Waals surface area contributed by atoms with Crippen molar-refractivity contribution >= 4 is 32.6 Å². The van der Waals surface area contributed by atoms with Gasteiger partial charge in [0.1, 0.15) is 5.75 Å². The first-order valence-corrected chi connectivity index (χ1v) is 11.7. The molecule has 0 atom stereocenters. The molecule has 164 valence electrons. The van der Waals surface area contributed by atoms with Crippen molar-refractivity contribution in [1.29, 1.82) is 0 Å². The van der Waals surface area contributed by atoms with Crippen molar-refractivity contribution in [2.75, 3.05) is 11.5 Å². The molecule has 6 heteroatoms. The predicted molar refractivity (Wildman–Crippen MR) is 130 cm³/mol. The van der Waals surface area contributed by atoms with Crippen LogP contribution in [0.25, 0.3) is 10.2 Å². The summed E-state index contributed by atoms with van der Waals surface area (Å²) < 4.78 is 6.61. The zero-order valence-corrected chi connectivity index (χ0v) is 19.4. The van der Waals surface area contributed by atoms with Crippen LogP contribution in [0.5, 0.6) is 5.75 Å². The Balaban J connectivity index is 1.66. The van der Waals surface area contributed by atoms with Crippen LogP contribution in [0.15, 0.2) is 67.0 Å². The van der Waals surface area contributed by atoms with Crippen molar-refractivity contribution in [3.8, 4) is 5.75 Å². The molecule has 0 fully saturated rings. The number of amides is 1. The van der Waals surface area contributed by atoms with Gasteiger partial charge in [-0.15, -0.1) is 0 Å². The van der Waals surface area contributed by atoms with Crippen LogP contribution in [0.3, 0.4) is 0 Å². The molecule has 4 rings (SSSR count). The smallest absolute Gasteiger partial charge is 0.233 e. The van der Waals surface area contributed by atoms with Crippen molar-refractivity contribution in [2.24, 2.45) is 0 Å². The molecule has 0 aliphatic carbocycles. The molecule has 0 aliphatic heterocycles. The van der Waals surface area contributed by atoms with E-state index in [0.717, 1.165) is 27.1 Å². The van der Waals surface area contributed by atoms with Crippen molar-refractivity contribution in [3.05, 3.63) is 83.7 Å². The van der Waals surface area contributed by atoms with Gasteiger partial charge in [0.05, 0.1) is 29.8 Å². The van der Waals surface area contributed by atoms with E-state index in [2.05, 4.69) is 37.0 Å². The Kier molecular flexibility index (Phi) is 6.81. The van der Waals surface area contributed by atoms with Crippen LogP contribution < -0.4 is 9.64 Å². The monoisotopic (exact) mass is 445 g/mol. The fraction of sp³-hybridized carbons (Fsp3) is 0.269. The Labute approximate surface area is 192 Å². The molecule has 0 bridgehead atoms. The number of ether oxygens (including phenoxy) is 1. The summed E-state index contributed by atoms with van der Waals surface area (Å²) in [5, 5.41) is 0.716. The number of thiazole rings is 1. The average molecular weight is 446 g/mol. The lowest BCUT2D eigenvalue weighted by atomic mass is 10.0. The van der Waals surface area contributed by atoms with Crippen molar-refractivity contribution in [3.63, 3.8) is 0 Å². The summed E-state index contributed by atoms with van der Waals surface area (Å²) in [5.74, 6) is 1.17. The highest BCUT2D eigenvalue weighted by Gasteiger charge is 2.22. The number of pyridine rings is 1. The lowest BCUT2D eigenvalue weighted by Gasteiger charge is -2.20. The second-order valence-corrected chi connectivity index (χ2v) is 8.95. The molecule has 0 aliphatic rings. The zero-order chi connectivity index (χ0) is 22.5. The number of nitrogens with zero attached hydrogens (tertiary/aromatic N) is 3. The Morgan fingerprint density at radius 3 is 2.56 bits per heavy atom. The third-order valence-corrected chi connectivity index (χ3v) is 6.29. The SMILES string of the molecule is CCOc1ccc(CC(=O)N(Cc2cccnc2)c2nc3c(C(C)C)cccc3s2)cc1. The first kappa shape index (κ1) is 22.0. The number of para-hydroxylation sites is 1. The number of aromatic nitrogens is 2. The van der Waals surface area contributed by atoms with E-state index in [4.69, 9.17) is 9.72 Å². The minimum atomic E-state index is 0.00293. The molecule has 0 unspecified atom stereocenters. The van der Waals surface area contributed by atoms with E-state index in [1.54, 1.807) is 28.6 Å². The van der Waals surface area contributed by atoms with Crippen LogP contribution in [-0.4, -0.2) is 22.5 Å². The van der Waals surface area contributed by atoms with Crippen molar-refractivity contribution in [1.82, 2.24) is 9.97 Å². The number of fused-ring (bicyclic) bond motifs is 1. The van der Waals surface area contributed by atoms with Gasteiger partial charge in [0.15, 0.2) is 5.13 Å². The van der Waals surface area contributed by atoms with Gasteiger partial charge in [-0.3, -0.25) is 14.7 Å². The summed E-state index contributed by atoms with van der Waals surface area (Å²) in [5.41, 5.74) is 4.09. The van der Waals surface area contributed by atoms with Gasteiger partial charge in [-0.1, -0.05) is 55.5 Å². The summed E-state index contributed by atoms with van der Waals surface area (Å²) >= 11 is 1.56. The molecule has 5 nitrogen and oxygen atoms in total. The van der Waals surface area contributed by atoms with E-state index in [0.29, 0.717) is 30.6 Å². The highest BCUT2D eigenvalue weighted by molar-refractivity contribution is 7.22. The lowest BCUT2D eigenvalue weighted by Crippen LogP contribution is -2.31. The minimum Gasteiger partial charge on any atom is -0.494 e. The standard InChI is InChI=1S/C26H27N3O2S/c1-4-31-21-12-10-19(11-13-21)15-24(30)29(17-20-7-6-14-27-16-20)26-28-25-22(18(2)3)8-5-9-23(25)32-26/h5-14,16,18H,4,15,17H2,1-3H3. The molecule has 0 saturated carbocycles. The van der Waals surface area contributed by atoms with E-state index in [1.165, 1.54) is 5.56 Å². The van der Waals surface area contributed by atoms with Crippen LogP contribution in [0.2, 0.25) is 0 Å². The van der Waals surface area contributed by atoms with Gasteiger partial charge in [0, 0.05) is 12.4 Å². The lowest BCUT2D eigenvalue weighted by molar-refractivity contribution is -0.118. The molecule has 1 amide bonds. The van der Waals surface area contributed by atoms with Crippen LogP contribution in [0, 0.1) is 0 Å². The summed E-state index contributed by atoms with van der Waals surface area (Å²) in [6.45, 7) is 7.33. The average Bonchev–Trinajstić information content (AvgIpc) is 3.23. The molecule has 0 spiro atoms. The third kappa shape index (κ3) is 4.97. The Bertz CT molecular complexity index is 1190.